The highest BCUT2D eigenvalue weighted by molar-refractivity contribution is 6.09. The molecular weight excluding hydrogens is 180 g/mol. The Morgan fingerprint density at radius 2 is 2.57 bits per heavy atom. The van der Waals surface area contributed by atoms with Crippen LogP contribution in [0.3, 0.4) is 0 Å². The summed E-state index contributed by atoms with van der Waals surface area (Å²) in [5, 5.41) is 12.3. The highest BCUT2D eigenvalue weighted by atomic mass is 16.6. The van der Waals surface area contributed by atoms with E-state index in [4.69, 9.17) is 10.1 Å². The van der Waals surface area contributed by atoms with Gasteiger partial charge in [0.25, 0.3) is 0 Å². The molecule has 1 aromatic rings. The van der Waals surface area contributed by atoms with Gasteiger partial charge in [-0.1, -0.05) is 17.8 Å². The Bertz CT molecular complexity index is 366. The van der Waals surface area contributed by atoms with Crippen molar-refractivity contribution in [2.24, 2.45) is 5.16 Å². The number of hydrogen-bond donors (Lipinski definition) is 0. The number of aromatic nitrogens is 2. The van der Waals surface area contributed by atoms with E-state index in [1.807, 2.05) is 6.07 Å². The standard InChI is InChI=1S/C9H8N4O/c1-2-5-14-13-8(6-10)9-7-11-3-4-12-9/h2-4,7H,1,5H2. The van der Waals surface area contributed by atoms with Gasteiger partial charge >= 0.3 is 0 Å². The highest BCUT2D eigenvalue weighted by Crippen LogP contribution is 1.94. The van der Waals surface area contributed by atoms with Gasteiger partial charge in [-0.3, -0.25) is 9.97 Å². The molecule has 0 bridgehead atoms. The summed E-state index contributed by atoms with van der Waals surface area (Å²) < 4.78 is 0. The van der Waals surface area contributed by atoms with Gasteiger partial charge in [-0.15, -0.1) is 0 Å². The minimum Gasteiger partial charge on any atom is -0.390 e. The van der Waals surface area contributed by atoms with Crippen LogP contribution in [0.25, 0.3) is 0 Å². The van der Waals surface area contributed by atoms with E-state index in [2.05, 4.69) is 21.7 Å². The van der Waals surface area contributed by atoms with E-state index in [9.17, 15) is 0 Å². The third-order valence-corrected chi connectivity index (χ3v) is 1.26. The van der Waals surface area contributed by atoms with Crippen LogP contribution in [0, 0.1) is 11.3 Å². The summed E-state index contributed by atoms with van der Waals surface area (Å²) in [4.78, 5) is 12.5. The number of nitriles is 1. The van der Waals surface area contributed by atoms with Gasteiger partial charge < -0.3 is 4.84 Å². The van der Waals surface area contributed by atoms with Crippen molar-refractivity contribution in [2.45, 2.75) is 0 Å². The summed E-state index contributed by atoms with van der Waals surface area (Å²) in [5.41, 5.74) is 0.485. The monoisotopic (exact) mass is 188 g/mol. The van der Waals surface area contributed by atoms with Crippen LogP contribution >= 0.6 is 0 Å². The lowest BCUT2D eigenvalue weighted by molar-refractivity contribution is 0.175. The zero-order chi connectivity index (χ0) is 10.2. The Kier molecular flexibility index (Phi) is 3.83. The normalized spacial score (nSPS) is 10.4. The molecule has 0 amide bonds. The van der Waals surface area contributed by atoms with Crippen LogP contribution in [0.2, 0.25) is 0 Å². The average Bonchev–Trinajstić information content (AvgIpc) is 2.26. The maximum Gasteiger partial charge on any atom is 0.206 e. The SMILES string of the molecule is C=CCON=C(C#N)c1cnccn1. The summed E-state index contributed by atoms with van der Waals surface area (Å²) in [7, 11) is 0. The fraction of sp³-hybridized carbons (Fsp3) is 0.111. The first kappa shape index (κ1) is 9.86. The lowest BCUT2D eigenvalue weighted by Crippen LogP contribution is -2.02. The summed E-state index contributed by atoms with van der Waals surface area (Å²) in [5.74, 6) is 0. The molecule has 0 spiro atoms. The second-order valence-electron chi connectivity index (χ2n) is 2.23. The smallest absolute Gasteiger partial charge is 0.206 e. The van der Waals surface area contributed by atoms with Crippen molar-refractivity contribution >= 4 is 5.71 Å². The number of rotatable bonds is 4. The van der Waals surface area contributed by atoms with Crippen LogP contribution < -0.4 is 0 Å². The van der Waals surface area contributed by atoms with Crippen LogP contribution in [0.1, 0.15) is 5.69 Å². The second kappa shape index (κ2) is 5.43. The van der Waals surface area contributed by atoms with Crippen molar-refractivity contribution in [3.8, 4) is 6.07 Å². The van der Waals surface area contributed by atoms with Gasteiger partial charge in [0.1, 0.15) is 18.4 Å². The van der Waals surface area contributed by atoms with Gasteiger partial charge in [-0.2, -0.15) is 5.26 Å². The Balaban J connectivity index is 2.78. The first-order chi connectivity index (χ1) is 6.88. The number of hydrogen-bond acceptors (Lipinski definition) is 5. The van der Waals surface area contributed by atoms with Gasteiger partial charge in [0.2, 0.25) is 5.71 Å². The molecule has 14 heavy (non-hydrogen) atoms. The molecule has 0 saturated carbocycles. The van der Waals surface area contributed by atoms with Crippen LogP contribution in [0.4, 0.5) is 0 Å². The third kappa shape index (κ3) is 2.68. The molecule has 0 aliphatic heterocycles. The summed E-state index contributed by atoms with van der Waals surface area (Å²) >= 11 is 0. The molecule has 1 heterocycles. The van der Waals surface area contributed by atoms with Gasteiger partial charge in [0.05, 0.1) is 6.20 Å². The van der Waals surface area contributed by atoms with Crippen molar-refractivity contribution in [1.82, 2.24) is 9.97 Å². The van der Waals surface area contributed by atoms with Gasteiger partial charge in [0, 0.05) is 12.4 Å². The molecule has 0 atom stereocenters. The van der Waals surface area contributed by atoms with Gasteiger partial charge in [-0.25, -0.2) is 0 Å². The van der Waals surface area contributed by atoms with Gasteiger partial charge in [-0.05, 0) is 0 Å². The van der Waals surface area contributed by atoms with Crippen LogP contribution in [-0.2, 0) is 4.84 Å². The largest absolute Gasteiger partial charge is 0.390 e. The van der Waals surface area contributed by atoms with Crippen molar-refractivity contribution in [2.75, 3.05) is 6.61 Å². The zero-order valence-electron chi connectivity index (χ0n) is 7.42. The van der Waals surface area contributed by atoms with Gasteiger partial charge in [0.15, 0.2) is 0 Å². The van der Waals surface area contributed by atoms with E-state index in [0.717, 1.165) is 0 Å². The fourth-order valence-corrected chi connectivity index (χ4v) is 0.700. The first-order valence-electron chi connectivity index (χ1n) is 3.86. The van der Waals surface area contributed by atoms with Crippen molar-refractivity contribution in [3.05, 3.63) is 36.9 Å². The van der Waals surface area contributed by atoms with E-state index in [0.29, 0.717) is 5.69 Å². The average molecular weight is 188 g/mol. The number of oxime groups is 1. The van der Waals surface area contributed by atoms with E-state index in [1.165, 1.54) is 24.7 Å². The van der Waals surface area contributed by atoms with Crippen molar-refractivity contribution < 1.29 is 4.84 Å². The summed E-state index contributed by atoms with van der Waals surface area (Å²) in [6.07, 6.45) is 5.98. The number of nitrogens with zero attached hydrogens (tertiary/aromatic N) is 4. The van der Waals surface area contributed by atoms with E-state index in [1.54, 1.807) is 0 Å². The first-order valence-corrected chi connectivity index (χ1v) is 3.86. The third-order valence-electron chi connectivity index (χ3n) is 1.26. The molecule has 0 radical (unpaired) electrons. The lowest BCUT2D eigenvalue weighted by atomic mass is 10.3. The molecule has 0 aliphatic carbocycles. The molecule has 5 heteroatoms. The maximum absolute atomic E-state index is 8.72. The molecule has 0 unspecified atom stereocenters. The van der Waals surface area contributed by atoms with E-state index in [-0.39, 0.29) is 12.3 Å². The Labute approximate surface area is 81.4 Å². The molecule has 1 aromatic heterocycles. The van der Waals surface area contributed by atoms with E-state index < -0.39 is 0 Å². The zero-order valence-corrected chi connectivity index (χ0v) is 7.42. The predicted octanol–water partition coefficient (Wildman–Crippen LogP) is 0.907. The summed E-state index contributed by atoms with van der Waals surface area (Å²) in [6, 6.07) is 1.87. The molecular formula is C9H8N4O. The topological polar surface area (TPSA) is 71.2 Å². The Morgan fingerprint density at radius 1 is 1.71 bits per heavy atom. The molecule has 0 saturated heterocycles. The Hall–Kier alpha value is -2.22. The van der Waals surface area contributed by atoms with Crippen LogP contribution in [-0.4, -0.2) is 22.3 Å². The second-order valence-corrected chi connectivity index (χ2v) is 2.23. The minimum atomic E-state index is 0.0972. The van der Waals surface area contributed by atoms with Crippen LogP contribution in [0.5, 0.6) is 0 Å². The molecule has 0 aliphatic rings. The molecule has 70 valence electrons. The van der Waals surface area contributed by atoms with E-state index >= 15 is 0 Å². The molecule has 0 N–H and O–H groups in total. The van der Waals surface area contributed by atoms with Crippen molar-refractivity contribution in [1.29, 1.82) is 5.26 Å². The fourth-order valence-electron chi connectivity index (χ4n) is 0.700. The molecule has 0 fully saturated rings. The maximum atomic E-state index is 8.72. The van der Waals surface area contributed by atoms with Crippen LogP contribution in [0.15, 0.2) is 36.4 Å². The highest BCUT2D eigenvalue weighted by Gasteiger charge is 2.03. The quantitative estimate of drug-likeness (QED) is 0.304. The predicted molar refractivity (Wildman–Crippen MR) is 50.3 cm³/mol. The summed E-state index contributed by atoms with van der Waals surface area (Å²) in [6.45, 7) is 3.71. The Morgan fingerprint density at radius 3 is 3.14 bits per heavy atom. The molecule has 1 rings (SSSR count). The van der Waals surface area contributed by atoms with Crippen molar-refractivity contribution in [3.63, 3.8) is 0 Å². The molecule has 0 aromatic carbocycles. The minimum absolute atomic E-state index is 0.0972. The molecule has 5 nitrogen and oxygen atoms in total. The lowest BCUT2D eigenvalue weighted by Gasteiger charge is -1.95.